The van der Waals surface area contributed by atoms with Crippen LogP contribution < -0.4 is 15.5 Å². The highest BCUT2D eigenvalue weighted by atomic mass is 35.5. The van der Waals surface area contributed by atoms with Crippen molar-refractivity contribution in [3.05, 3.63) is 29.3 Å². The fourth-order valence-electron chi connectivity index (χ4n) is 2.71. The smallest absolute Gasteiger partial charge is 0.321 e. The second kappa shape index (κ2) is 9.50. The van der Waals surface area contributed by atoms with Crippen LogP contribution in [0.2, 0.25) is 5.02 Å². The summed E-state index contributed by atoms with van der Waals surface area (Å²) in [6.07, 6.45) is 0. The summed E-state index contributed by atoms with van der Waals surface area (Å²) in [5.41, 5.74) is 0. The number of halogens is 1. The number of rotatable bonds is 6. The topological polar surface area (TPSA) is 100 Å². The van der Waals surface area contributed by atoms with Gasteiger partial charge in [0.1, 0.15) is 0 Å². The largest absolute Gasteiger partial charge is 0.338 e. The molecule has 0 unspecified atom stereocenters. The van der Waals surface area contributed by atoms with Gasteiger partial charge in [-0.2, -0.15) is 4.31 Å². The number of benzene rings is 1. The van der Waals surface area contributed by atoms with Gasteiger partial charge in [-0.25, -0.2) is 13.2 Å². The Balaban J connectivity index is 1.82. The zero-order valence-corrected chi connectivity index (χ0v) is 17.1. The number of carbonyl (C=O) groups is 2. The standard InChI is InChI=1S/C17H25ClN4O4S/c1-13(2)11-19-17(24)20-16(23)12-21-7-9-22(10-8-21)27(25,26)15-5-3-14(18)4-6-15/h3-6,13H,7-12H2,1-2H3,(H2,19,20,23,24)/p+1. The van der Waals surface area contributed by atoms with Crippen molar-refractivity contribution in [1.29, 1.82) is 0 Å². The predicted molar refractivity (Wildman–Crippen MR) is 102 cm³/mol. The number of hydrogen-bond donors (Lipinski definition) is 3. The molecular weight excluding hydrogens is 392 g/mol. The molecule has 27 heavy (non-hydrogen) atoms. The van der Waals surface area contributed by atoms with Crippen LogP contribution in [0.25, 0.3) is 0 Å². The first kappa shape index (κ1) is 21.6. The highest BCUT2D eigenvalue weighted by molar-refractivity contribution is 7.89. The van der Waals surface area contributed by atoms with Crippen LogP contribution in [0.1, 0.15) is 13.8 Å². The Hall–Kier alpha value is -1.68. The number of piperazine rings is 1. The molecule has 0 spiro atoms. The number of nitrogens with zero attached hydrogens (tertiary/aromatic N) is 1. The Morgan fingerprint density at radius 1 is 1.19 bits per heavy atom. The highest BCUT2D eigenvalue weighted by Gasteiger charge is 2.31. The minimum Gasteiger partial charge on any atom is -0.338 e. The maximum atomic E-state index is 12.6. The Morgan fingerprint density at radius 2 is 1.78 bits per heavy atom. The summed E-state index contributed by atoms with van der Waals surface area (Å²) < 4.78 is 26.7. The molecule has 3 N–H and O–H groups in total. The zero-order valence-electron chi connectivity index (χ0n) is 15.5. The third kappa shape index (κ3) is 6.46. The first-order valence-electron chi connectivity index (χ1n) is 8.85. The Labute approximate surface area is 164 Å². The van der Waals surface area contributed by atoms with E-state index in [4.69, 9.17) is 11.6 Å². The van der Waals surface area contributed by atoms with E-state index in [1.165, 1.54) is 16.4 Å². The monoisotopic (exact) mass is 417 g/mol. The van der Waals surface area contributed by atoms with Crippen LogP contribution in [0, 0.1) is 5.92 Å². The Morgan fingerprint density at radius 3 is 2.33 bits per heavy atom. The van der Waals surface area contributed by atoms with Crippen LogP contribution in [0.3, 0.4) is 0 Å². The summed E-state index contributed by atoms with van der Waals surface area (Å²) in [6, 6.07) is 5.56. The lowest BCUT2D eigenvalue weighted by atomic mass is 10.2. The Kier molecular flexibility index (Phi) is 7.60. The molecule has 1 aliphatic heterocycles. The first-order chi connectivity index (χ1) is 12.7. The first-order valence-corrected chi connectivity index (χ1v) is 10.7. The van der Waals surface area contributed by atoms with Crippen LogP contribution in [-0.4, -0.2) is 63.9 Å². The molecule has 0 aliphatic carbocycles. The van der Waals surface area contributed by atoms with E-state index in [-0.39, 0.29) is 17.3 Å². The average Bonchev–Trinajstić information content (AvgIpc) is 2.60. The van der Waals surface area contributed by atoms with Gasteiger partial charge in [-0.3, -0.25) is 10.1 Å². The lowest BCUT2D eigenvalue weighted by Gasteiger charge is -2.31. The molecule has 0 atom stereocenters. The van der Waals surface area contributed by atoms with E-state index in [1.807, 2.05) is 13.8 Å². The van der Waals surface area contributed by atoms with Crippen LogP contribution in [0.5, 0.6) is 0 Å². The van der Waals surface area contributed by atoms with E-state index in [0.29, 0.717) is 43.7 Å². The van der Waals surface area contributed by atoms with Gasteiger partial charge in [0.25, 0.3) is 5.91 Å². The lowest BCUT2D eigenvalue weighted by molar-refractivity contribution is -0.895. The van der Waals surface area contributed by atoms with E-state index in [0.717, 1.165) is 4.90 Å². The molecule has 1 heterocycles. The fraction of sp³-hybridized carbons (Fsp3) is 0.529. The van der Waals surface area contributed by atoms with Crippen LogP contribution in [0.15, 0.2) is 29.2 Å². The molecule has 0 aromatic heterocycles. The maximum Gasteiger partial charge on any atom is 0.321 e. The number of quaternary nitrogens is 1. The number of hydrogen-bond acceptors (Lipinski definition) is 4. The van der Waals surface area contributed by atoms with Gasteiger partial charge in [0.15, 0.2) is 6.54 Å². The minimum absolute atomic E-state index is 0.129. The van der Waals surface area contributed by atoms with Gasteiger partial charge in [0, 0.05) is 11.6 Å². The number of sulfonamides is 1. The number of amides is 3. The molecule has 0 saturated carbocycles. The van der Waals surface area contributed by atoms with Gasteiger partial charge in [-0.15, -0.1) is 0 Å². The zero-order chi connectivity index (χ0) is 20.0. The molecule has 0 radical (unpaired) electrons. The van der Waals surface area contributed by atoms with Gasteiger partial charge >= 0.3 is 6.03 Å². The van der Waals surface area contributed by atoms with E-state index in [1.54, 1.807) is 12.1 Å². The van der Waals surface area contributed by atoms with Gasteiger partial charge in [0.05, 0.1) is 31.1 Å². The maximum absolute atomic E-state index is 12.6. The van der Waals surface area contributed by atoms with E-state index in [2.05, 4.69) is 10.6 Å². The SMILES string of the molecule is CC(C)CNC(=O)NC(=O)C[NH+]1CCN(S(=O)(=O)c2ccc(Cl)cc2)CC1. The number of imide groups is 1. The summed E-state index contributed by atoms with van der Waals surface area (Å²) >= 11 is 5.81. The molecule has 8 nitrogen and oxygen atoms in total. The predicted octanol–water partition coefficient (Wildman–Crippen LogP) is -0.289. The molecule has 1 fully saturated rings. The van der Waals surface area contributed by atoms with Crippen molar-refractivity contribution in [1.82, 2.24) is 14.9 Å². The van der Waals surface area contributed by atoms with Gasteiger partial charge in [-0.05, 0) is 30.2 Å². The molecule has 150 valence electrons. The quantitative estimate of drug-likeness (QED) is 0.592. The van der Waals surface area contributed by atoms with Crippen molar-refractivity contribution < 1.29 is 22.9 Å². The normalized spacial score (nSPS) is 16.3. The van der Waals surface area contributed by atoms with Gasteiger partial charge in [-0.1, -0.05) is 25.4 Å². The second-order valence-electron chi connectivity index (χ2n) is 6.94. The molecule has 1 aliphatic rings. The van der Waals surface area contributed by atoms with Crippen LogP contribution >= 0.6 is 11.6 Å². The molecule has 1 aromatic carbocycles. The Bertz CT molecular complexity index is 760. The van der Waals surface area contributed by atoms with Gasteiger partial charge in [0.2, 0.25) is 10.0 Å². The number of carbonyl (C=O) groups excluding carboxylic acids is 2. The van der Waals surface area contributed by atoms with Crippen molar-refractivity contribution in [2.24, 2.45) is 5.92 Å². The highest BCUT2D eigenvalue weighted by Crippen LogP contribution is 2.18. The lowest BCUT2D eigenvalue weighted by Crippen LogP contribution is -3.15. The minimum atomic E-state index is -3.57. The van der Waals surface area contributed by atoms with E-state index < -0.39 is 16.1 Å². The van der Waals surface area contributed by atoms with E-state index in [9.17, 15) is 18.0 Å². The van der Waals surface area contributed by atoms with Crippen molar-refractivity contribution in [2.45, 2.75) is 18.7 Å². The third-order valence-electron chi connectivity index (χ3n) is 4.22. The fourth-order valence-corrected chi connectivity index (χ4v) is 4.28. The number of urea groups is 1. The van der Waals surface area contributed by atoms with Crippen LogP contribution in [-0.2, 0) is 14.8 Å². The molecular formula is C17H26ClN4O4S+. The third-order valence-corrected chi connectivity index (χ3v) is 6.38. The summed E-state index contributed by atoms with van der Waals surface area (Å²) in [5, 5.41) is 5.40. The summed E-state index contributed by atoms with van der Waals surface area (Å²) in [6.45, 7) is 6.16. The molecule has 2 rings (SSSR count). The summed E-state index contributed by atoms with van der Waals surface area (Å²) in [4.78, 5) is 24.7. The summed E-state index contributed by atoms with van der Waals surface area (Å²) in [7, 11) is -3.57. The van der Waals surface area contributed by atoms with Gasteiger partial charge < -0.3 is 10.2 Å². The van der Waals surface area contributed by atoms with Crippen LogP contribution in [0.4, 0.5) is 4.79 Å². The van der Waals surface area contributed by atoms with Crippen molar-refractivity contribution in [3.8, 4) is 0 Å². The molecule has 3 amide bonds. The van der Waals surface area contributed by atoms with Crippen molar-refractivity contribution in [2.75, 3.05) is 39.3 Å². The number of nitrogens with one attached hydrogen (secondary N) is 3. The van der Waals surface area contributed by atoms with E-state index >= 15 is 0 Å². The molecule has 0 bridgehead atoms. The molecule has 10 heteroatoms. The average molecular weight is 418 g/mol. The van der Waals surface area contributed by atoms with Crippen molar-refractivity contribution in [3.63, 3.8) is 0 Å². The molecule has 1 aromatic rings. The summed E-state index contributed by atoms with van der Waals surface area (Å²) in [5.74, 6) is -0.0765. The molecule has 1 saturated heterocycles. The second-order valence-corrected chi connectivity index (χ2v) is 9.31. The van der Waals surface area contributed by atoms with Crippen molar-refractivity contribution >= 4 is 33.6 Å².